The van der Waals surface area contributed by atoms with Gasteiger partial charge in [-0.1, -0.05) is 71.9 Å². The van der Waals surface area contributed by atoms with Gasteiger partial charge in [-0.05, 0) is 55.7 Å². The lowest BCUT2D eigenvalue weighted by molar-refractivity contribution is -0.113. The van der Waals surface area contributed by atoms with Crippen molar-refractivity contribution in [2.45, 2.75) is 32.6 Å². The fraction of sp³-hybridized carbons (Fsp3) is 0.214. The van der Waals surface area contributed by atoms with Crippen LogP contribution in [0.25, 0.3) is 0 Å². The summed E-state index contributed by atoms with van der Waals surface area (Å²) in [5.74, 6) is 1.39. The van der Waals surface area contributed by atoms with Gasteiger partial charge in [-0.2, -0.15) is 0 Å². The van der Waals surface area contributed by atoms with Gasteiger partial charge in [0.25, 0.3) is 5.91 Å². The number of hydrogen-bond acceptors (Lipinski definition) is 5. The number of amides is 1. The highest BCUT2D eigenvalue weighted by Crippen LogP contribution is 2.35. The van der Waals surface area contributed by atoms with Crippen molar-refractivity contribution >= 4 is 28.5 Å². The smallest absolute Gasteiger partial charge is 0.255 e. The lowest BCUT2D eigenvalue weighted by Gasteiger charge is -2.27. The summed E-state index contributed by atoms with van der Waals surface area (Å²) in [6.45, 7) is 6.03. The Hall–Kier alpha value is -3.51. The highest BCUT2D eigenvalue weighted by Gasteiger charge is 2.30. The van der Waals surface area contributed by atoms with E-state index in [9.17, 15) is 4.79 Å². The average Bonchev–Trinajstić information content (AvgIpc) is 2.83. The maximum absolute atomic E-state index is 13.4. The van der Waals surface area contributed by atoms with E-state index in [-0.39, 0.29) is 5.91 Å². The number of para-hydroxylation sites is 1. The van der Waals surface area contributed by atoms with E-state index in [0.717, 1.165) is 39.2 Å². The van der Waals surface area contributed by atoms with Crippen LogP contribution in [0.1, 0.15) is 35.2 Å². The molecule has 0 aliphatic carbocycles. The largest absolute Gasteiger partial charge is 0.496 e. The quantitative estimate of drug-likeness (QED) is 0.452. The third-order valence-electron chi connectivity index (χ3n) is 5.70. The van der Waals surface area contributed by atoms with Crippen LogP contribution in [0.4, 0.5) is 5.69 Å². The zero-order chi connectivity index (χ0) is 24.1. The van der Waals surface area contributed by atoms with Gasteiger partial charge in [0.05, 0.1) is 12.7 Å². The van der Waals surface area contributed by atoms with E-state index in [1.54, 1.807) is 18.9 Å². The monoisotopic (exact) mass is 471 g/mol. The number of hydrogen-bond donors (Lipinski definition) is 2. The number of carbonyl (C=O) groups excluding carboxylic acids is 1. The summed E-state index contributed by atoms with van der Waals surface area (Å²) in [5, 5.41) is 7.17. The number of benzene rings is 3. The molecule has 6 heteroatoms. The summed E-state index contributed by atoms with van der Waals surface area (Å²) < 4.78 is 5.55. The Labute approximate surface area is 205 Å². The SMILES string of the molecule is COc1cc([C@@H]2N=C(SCc3cccc(C)c3)NC(C)=C2C(=O)Nc2ccccc2)ccc1C. The number of aliphatic imine (C=N–C) groups is 1. The molecule has 0 unspecified atom stereocenters. The second kappa shape index (κ2) is 10.6. The number of carbonyl (C=O) groups is 1. The van der Waals surface area contributed by atoms with Gasteiger partial charge in [-0.3, -0.25) is 4.79 Å². The van der Waals surface area contributed by atoms with Crippen LogP contribution in [0.15, 0.2) is 89.1 Å². The van der Waals surface area contributed by atoms with Crippen LogP contribution in [0.3, 0.4) is 0 Å². The Morgan fingerprint density at radius 1 is 1.03 bits per heavy atom. The van der Waals surface area contributed by atoms with Gasteiger partial charge in [0, 0.05) is 17.1 Å². The third-order valence-corrected chi connectivity index (χ3v) is 6.66. The van der Waals surface area contributed by atoms with Gasteiger partial charge in [0.2, 0.25) is 0 Å². The number of methoxy groups -OCH3 is 1. The molecular formula is C28H29N3O2S. The number of nitrogens with zero attached hydrogens (tertiary/aromatic N) is 1. The number of thioether (sulfide) groups is 1. The summed E-state index contributed by atoms with van der Waals surface area (Å²) in [4.78, 5) is 18.4. The molecule has 3 aromatic carbocycles. The van der Waals surface area contributed by atoms with E-state index >= 15 is 0 Å². The van der Waals surface area contributed by atoms with Crippen molar-refractivity contribution in [3.63, 3.8) is 0 Å². The molecule has 1 aliphatic heterocycles. The molecule has 1 amide bonds. The van der Waals surface area contributed by atoms with Gasteiger partial charge in [0.1, 0.15) is 11.8 Å². The standard InChI is InChI=1S/C28H29N3O2S/c1-18-9-8-10-21(15-18)17-34-28-29-20(3)25(27(32)30-23-11-6-5-7-12-23)26(31-28)22-14-13-19(2)24(16-22)33-4/h5-16,26H,17H2,1-4H3,(H,29,31)(H,30,32)/t26-/m0/s1. The van der Waals surface area contributed by atoms with Crippen molar-refractivity contribution in [3.05, 3.63) is 106 Å². The lowest BCUT2D eigenvalue weighted by Crippen LogP contribution is -2.32. The van der Waals surface area contributed by atoms with Crippen LogP contribution in [0.5, 0.6) is 5.75 Å². The minimum absolute atomic E-state index is 0.174. The van der Waals surface area contributed by atoms with E-state index in [1.807, 2.05) is 62.4 Å². The highest BCUT2D eigenvalue weighted by atomic mass is 32.2. The number of anilines is 1. The minimum Gasteiger partial charge on any atom is -0.496 e. The molecular weight excluding hydrogens is 442 g/mol. The Morgan fingerprint density at radius 3 is 2.56 bits per heavy atom. The summed E-state index contributed by atoms with van der Waals surface area (Å²) >= 11 is 1.63. The van der Waals surface area contributed by atoms with Crippen LogP contribution >= 0.6 is 11.8 Å². The van der Waals surface area contributed by atoms with Crippen LogP contribution < -0.4 is 15.4 Å². The Balaban J connectivity index is 1.66. The van der Waals surface area contributed by atoms with Crippen molar-refractivity contribution in [3.8, 4) is 5.75 Å². The predicted molar refractivity (Wildman–Crippen MR) is 141 cm³/mol. The van der Waals surface area contributed by atoms with Gasteiger partial charge in [-0.15, -0.1) is 0 Å². The molecule has 1 heterocycles. The van der Waals surface area contributed by atoms with Crippen molar-refractivity contribution in [1.82, 2.24) is 5.32 Å². The van der Waals surface area contributed by atoms with Crippen molar-refractivity contribution in [2.24, 2.45) is 4.99 Å². The van der Waals surface area contributed by atoms with Crippen LogP contribution in [-0.4, -0.2) is 18.2 Å². The number of ether oxygens (including phenoxy) is 1. The first kappa shape index (κ1) is 23.6. The van der Waals surface area contributed by atoms with Gasteiger partial charge in [0.15, 0.2) is 5.17 Å². The van der Waals surface area contributed by atoms with Crippen molar-refractivity contribution < 1.29 is 9.53 Å². The fourth-order valence-electron chi connectivity index (χ4n) is 3.94. The minimum atomic E-state index is -0.445. The number of rotatable bonds is 6. The zero-order valence-corrected chi connectivity index (χ0v) is 20.7. The van der Waals surface area contributed by atoms with Crippen LogP contribution in [0.2, 0.25) is 0 Å². The number of nitrogens with one attached hydrogen (secondary N) is 2. The van der Waals surface area contributed by atoms with E-state index in [2.05, 4.69) is 41.8 Å². The summed E-state index contributed by atoms with van der Waals surface area (Å²) in [6, 6.07) is 23.5. The first-order valence-corrected chi connectivity index (χ1v) is 12.2. The molecule has 0 radical (unpaired) electrons. The maximum Gasteiger partial charge on any atom is 0.255 e. The molecule has 174 valence electrons. The summed E-state index contributed by atoms with van der Waals surface area (Å²) in [5.41, 5.74) is 6.55. The molecule has 0 aromatic heterocycles. The molecule has 0 saturated heterocycles. The second-order valence-corrected chi connectivity index (χ2v) is 9.29. The molecule has 0 bridgehead atoms. The molecule has 34 heavy (non-hydrogen) atoms. The Morgan fingerprint density at radius 2 is 1.82 bits per heavy atom. The van der Waals surface area contributed by atoms with E-state index in [4.69, 9.17) is 9.73 Å². The highest BCUT2D eigenvalue weighted by molar-refractivity contribution is 8.13. The number of allylic oxidation sites excluding steroid dienone is 1. The van der Waals surface area contributed by atoms with Crippen molar-refractivity contribution in [1.29, 1.82) is 0 Å². The molecule has 4 rings (SSSR count). The van der Waals surface area contributed by atoms with Gasteiger partial charge >= 0.3 is 0 Å². The maximum atomic E-state index is 13.4. The normalized spacial score (nSPS) is 15.4. The fourth-order valence-corrected chi connectivity index (χ4v) is 4.82. The second-order valence-electron chi connectivity index (χ2n) is 8.33. The molecule has 1 atom stereocenters. The van der Waals surface area contributed by atoms with E-state index in [1.165, 1.54) is 11.1 Å². The molecule has 2 N–H and O–H groups in total. The third kappa shape index (κ3) is 5.51. The molecule has 3 aromatic rings. The summed E-state index contributed by atoms with van der Waals surface area (Å²) in [6.07, 6.45) is 0. The zero-order valence-electron chi connectivity index (χ0n) is 19.9. The predicted octanol–water partition coefficient (Wildman–Crippen LogP) is 6.16. The Bertz CT molecular complexity index is 1250. The van der Waals surface area contributed by atoms with E-state index in [0.29, 0.717) is 5.57 Å². The molecule has 0 saturated carbocycles. The topological polar surface area (TPSA) is 62.7 Å². The van der Waals surface area contributed by atoms with Crippen LogP contribution in [-0.2, 0) is 10.5 Å². The first-order valence-electron chi connectivity index (χ1n) is 11.2. The molecule has 0 fully saturated rings. The molecule has 5 nitrogen and oxygen atoms in total. The number of amidine groups is 1. The first-order chi connectivity index (χ1) is 16.4. The van der Waals surface area contributed by atoms with Gasteiger partial charge in [-0.25, -0.2) is 4.99 Å². The van der Waals surface area contributed by atoms with Crippen molar-refractivity contribution in [2.75, 3.05) is 12.4 Å². The van der Waals surface area contributed by atoms with Gasteiger partial charge < -0.3 is 15.4 Å². The molecule has 0 spiro atoms. The van der Waals surface area contributed by atoms with Crippen LogP contribution in [0, 0.1) is 13.8 Å². The average molecular weight is 472 g/mol. The molecule has 1 aliphatic rings. The summed E-state index contributed by atoms with van der Waals surface area (Å²) in [7, 11) is 1.66. The Kier molecular flexibility index (Phi) is 7.38. The lowest BCUT2D eigenvalue weighted by atomic mass is 9.94. The van der Waals surface area contributed by atoms with E-state index < -0.39 is 6.04 Å². The number of aryl methyl sites for hydroxylation is 2.